The summed E-state index contributed by atoms with van der Waals surface area (Å²) >= 11 is 5.95. The molecule has 2 rings (SSSR count). The van der Waals surface area contributed by atoms with Gasteiger partial charge in [0.25, 0.3) is 0 Å². The minimum absolute atomic E-state index is 0.0391. The van der Waals surface area contributed by atoms with Crippen LogP contribution in [0.15, 0.2) is 48.5 Å². The molecule has 0 aliphatic rings. The van der Waals surface area contributed by atoms with Gasteiger partial charge in [-0.2, -0.15) is 0 Å². The molecule has 1 unspecified atom stereocenters. The van der Waals surface area contributed by atoms with Gasteiger partial charge in [-0.1, -0.05) is 23.7 Å². The fourth-order valence-corrected chi connectivity index (χ4v) is 2.64. The Bertz CT molecular complexity index is 808. The first-order valence-corrected chi connectivity index (χ1v) is 9.49. The Morgan fingerprint density at radius 2 is 1.54 bits per heavy atom. The van der Waals surface area contributed by atoms with Crippen LogP contribution >= 0.6 is 11.6 Å². The molecule has 0 bridgehead atoms. The Balaban J connectivity index is 2.28. The third-order valence-electron chi connectivity index (χ3n) is 3.64. The van der Waals surface area contributed by atoms with Gasteiger partial charge in [-0.15, -0.1) is 0 Å². The Morgan fingerprint density at radius 3 is 2.04 bits per heavy atom. The predicted molar refractivity (Wildman–Crippen MR) is 110 cm³/mol. The third-order valence-corrected chi connectivity index (χ3v) is 3.89. The zero-order chi connectivity index (χ0) is 20.9. The van der Waals surface area contributed by atoms with Crippen molar-refractivity contribution in [1.82, 2.24) is 5.32 Å². The lowest BCUT2D eigenvalue weighted by Crippen LogP contribution is -2.38. The van der Waals surface area contributed by atoms with Crippen LogP contribution in [0, 0.1) is 0 Å². The second-order valence-electron chi connectivity index (χ2n) is 7.69. The lowest BCUT2D eigenvalue weighted by Gasteiger charge is -2.23. The number of ketones is 1. The molecule has 0 aliphatic carbocycles. The quantitative estimate of drug-likeness (QED) is 0.640. The molecule has 0 fully saturated rings. The summed E-state index contributed by atoms with van der Waals surface area (Å²) in [6, 6.07) is 12.7. The summed E-state index contributed by atoms with van der Waals surface area (Å²) in [5, 5.41) is 3.21. The first kappa shape index (κ1) is 21.8. The molecule has 6 heteroatoms. The molecule has 2 aromatic rings. The molecule has 0 radical (unpaired) electrons. The van der Waals surface area contributed by atoms with Crippen molar-refractivity contribution in [2.75, 3.05) is 0 Å². The van der Waals surface area contributed by atoms with Gasteiger partial charge >= 0.3 is 6.09 Å². The zero-order valence-corrected chi connectivity index (χ0v) is 17.5. The lowest BCUT2D eigenvalue weighted by molar-refractivity contribution is 0.0490. The van der Waals surface area contributed by atoms with E-state index in [1.807, 2.05) is 13.8 Å². The maximum atomic E-state index is 13.1. The van der Waals surface area contributed by atoms with Crippen molar-refractivity contribution < 1.29 is 19.1 Å². The minimum atomic E-state index is -0.899. The fraction of sp³-hybridized carbons (Fsp3) is 0.364. The largest absolute Gasteiger partial charge is 0.491 e. The van der Waals surface area contributed by atoms with E-state index in [1.54, 1.807) is 69.3 Å². The van der Waals surface area contributed by atoms with Gasteiger partial charge < -0.3 is 14.8 Å². The second-order valence-corrected chi connectivity index (χ2v) is 8.12. The molecule has 0 aliphatic heterocycles. The van der Waals surface area contributed by atoms with Crippen molar-refractivity contribution in [3.05, 3.63) is 64.7 Å². The van der Waals surface area contributed by atoms with E-state index < -0.39 is 17.7 Å². The number of benzene rings is 2. The molecule has 1 N–H and O–H groups in total. The van der Waals surface area contributed by atoms with E-state index in [1.165, 1.54) is 0 Å². The van der Waals surface area contributed by atoms with Crippen LogP contribution in [-0.2, 0) is 4.74 Å². The smallest absolute Gasteiger partial charge is 0.408 e. The van der Waals surface area contributed by atoms with Gasteiger partial charge in [0.05, 0.1) is 6.10 Å². The van der Waals surface area contributed by atoms with Gasteiger partial charge in [0.1, 0.15) is 17.4 Å². The van der Waals surface area contributed by atoms with E-state index in [9.17, 15) is 9.59 Å². The fourth-order valence-electron chi connectivity index (χ4n) is 2.52. The number of nitrogens with one attached hydrogen (secondary N) is 1. The van der Waals surface area contributed by atoms with Crippen molar-refractivity contribution >= 4 is 23.5 Å². The molecule has 2 aromatic carbocycles. The molecular formula is C22H26ClNO4. The SMILES string of the molecule is CC(C)Oc1ccc(C(=O)C(NC(=O)OC(C)(C)C)c2ccc(Cl)cc2)cc1. The average molecular weight is 404 g/mol. The summed E-state index contributed by atoms with van der Waals surface area (Å²) in [7, 11) is 0. The number of carbonyl (C=O) groups is 2. The number of amides is 1. The highest BCUT2D eigenvalue weighted by atomic mass is 35.5. The maximum Gasteiger partial charge on any atom is 0.408 e. The van der Waals surface area contributed by atoms with Gasteiger partial charge in [0, 0.05) is 10.6 Å². The highest BCUT2D eigenvalue weighted by Crippen LogP contribution is 2.23. The number of alkyl carbamates (subject to hydrolysis) is 1. The number of hydrogen-bond donors (Lipinski definition) is 1. The number of Topliss-reactive ketones (excluding diaryl/α,β-unsaturated/α-hetero) is 1. The van der Waals surface area contributed by atoms with Gasteiger partial charge in [0.15, 0.2) is 5.78 Å². The topological polar surface area (TPSA) is 64.6 Å². The van der Waals surface area contributed by atoms with Crippen LogP contribution in [0.25, 0.3) is 0 Å². The van der Waals surface area contributed by atoms with Crippen LogP contribution in [-0.4, -0.2) is 23.6 Å². The summed E-state index contributed by atoms with van der Waals surface area (Å²) in [5.74, 6) is 0.416. The standard InChI is InChI=1S/C22H26ClNO4/c1-14(2)27-18-12-8-16(9-13-18)20(25)19(15-6-10-17(23)11-7-15)24-21(26)28-22(3,4)5/h6-14,19H,1-5H3,(H,24,26). The summed E-state index contributed by atoms with van der Waals surface area (Å²) in [4.78, 5) is 25.4. The predicted octanol–water partition coefficient (Wildman–Crippen LogP) is 5.58. The number of carbonyl (C=O) groups excluding carboxylic acids is 2. The van der Waals surface area contributed by atoms with E-state index in [-0.39, 0.29) is 11.9 Å². The Labute approximate surface area is 171 Å². The van der Waals surface area contributed by atoms with Crippen LogP contribution in [0.2, 0.25) is 5.02 Å². The third kappa shape index (κ3) is 6.57. The minimum Gasteiger partial charge on any atom is -0.491 e. The molecule has 28 heavy (non-hydrogen) atoms. The van der Waals surface area contributed by atoms with Gasteiger partial charge in [-0.3, -0.25) is 4.79 Å². The molecule has 0 saturated carbocycles. The van der Waals surface area contributed by atoms with Crippen molar-refractivity contribution in [2.45, 2.75) is 52.4 Å². The molecule has 0 heterocycles. The first-order valence-electron chi connectivity index (χ1n) is 9.11. The summed E-state index contributed by atoms with van der Waals surface area (Å²) < 4.78 is 10.9. The highest BCUT2D eigenvalue weighted by molar-refractivity contribution is 6.30. The van der Waals surface area contributed by atoms with E-state index >= 15 is 0 Å². The van der Waals surface area contributed by atoms with Crippen LogP contribution in [0.5, 0.6) is 5.75 Å². The van der Waals surface area contributed by atoms with Crippen molar-refractivity contribution in [3.63, 3.8) is 0 Å². The van der Waals surface area contributed by atoms with E-state index in [0.29, 0.717) is 21.9 Å². The van der Waals surface area contributed by atoms with Gasteiger partial charge in [-0.25, -0.2) is 4.79 Å². The number of hydrogen-bond acceptors (Lipinski definition) is 4. The molecule has 5 nitrogen and oxygen atoms in total. The second kappa shape index (κ2) is 9.11. The molecule has 1 atom stereocenters. The zero-order valence-electron chi connectivity index (χ0n) is 16.8. The number of ether oxygens (including phenoxy) is 2. The van der Waals surface area contributed by atoms with Crippen LogP contribution < -0.4 is 10.1 Å². The van der Waals surface area contributed by atoms with E-state index in [4.69, 9.17) is 21.1 Å². The molecule has 1 amide bonds. The normalized spacial score (nSPS) is 12.4. The molecule has 150 valence electrons. The van der Waals surface area contributed by atoms with Gasteiger partial charge in [0.2, 0.25) is 0 Å². The van der Waals surface area contributed by atoms with Gasteiger partial charge in [-0.05, 0) is 76.6 Å². The molecule has 0 aromatic heterocycles. The Hall–Kier alpha value is -2.53. The van der Waals surface area contributed by atoms with Crippen LogP contribution in [0.1, 0.15) is 56.6 Å². The Morgan fingerprint density at radius 1 is 0.964 bits per heavy atom. The van der Waals surface area contributed by atoms with Crippen molar-refractivity contribution in [3.8, 4) is 5.75 Å². The summed E-state index contributed by atoms with van der Waals surface area (Å²) in [5.41, 5.74) is 0.392. The lowest BCUT2D eigenvalue weighted by atomic mass is 9.97. The summed E-state index contributed by atoms with van der Waals surface area (Å²) in [6.07, 6.45) is -0.627. The van der Waals surface area contributed by atoms with Crippen LogP contribution in [0.4, 0.5) is 4.79 Å². The van der Waals surface area contributed by atoms with E-state index in [0.717, 1.165) is 0 Å². The maximum absolute atomic E-state index is 13.1. The average Bonchev–Trinajstić information content (AvgIpc) is 2.59. The molecular weight excluding hydrogens is 378 g/mol. The first-order chi connectivity index (χ1) is 13.0. The van der Waals surface area contributed by atoms with E-state index in [2.05, 4.69) is 5.32 Å². The number of halogens is 1. The van der Waals surface area contributed by atoms with Crippen molar-refractivity contribution in [2.24, 2.45) is 0 Å². The number of rotatable bonds is 6. The molecule has 0 spiro atoms. The summed E-state index contributed by atoms with van der Waals surface area (Å²) in [6.45, 7) is 9.15. The molecule has 0 saturated heterocycles. The monoisotopic (exact) mass is 403 g/mol. The Kier molecular flexibility index (Phi) is 7.08. The van der Waals surface area contributed by atoms with Crippen LogP contribution in [0.3, 0.4) is 0 Å². The highest BCUT2D eigenvalue weighted by Gasteiger charge is 2.26. The van der Waals surface area contributed by atoms with Crippen molar-refractivity contribution in [1.29, 1.82) is 0 Å².